The number of rotatable bonds is 16. The Hall–Kier alpha value is -7.28. The standard InChI is InChI=1S/C50H48N6O6/c1-33(11-9-20-48(60)55(23-24-57)31-34-12-3-2-4-13-34)50(62)42-28-39(54-47(59)27-37-30-52-44-19-8-6-17-41(37)44)21-22-45(42)56(49(50)61)32-35-14-10-15-38(25-35)53-46(58)26-36-29-51-43-18-7-5-16-40(36)43/h2-19,21-22,25,28-30,33,51-52,57,62H,20,23-24,26-27,31-32H2,1H3,(H,53,58)(H,54,59)/b11-9+/t33-,50+/m0/s1. The minimum Gasteiger partial charge on any atom is -0.395 e. The molecule has 0 spiro atoms. The molecule has 0 fully saturated rings. The van der Waals surface area contributed by atoms with Crippen molar-refractivity contribution in [3.05, 3.63) is 174 Å². The second-order valence-corrected chi connectivity index (χ2v) is 15.7. The number of benzene rings is 5. The number of hydrogen-bond donors (Lipinski definition) is 6. The summed E-state index contributed by atoms with van der Waals surface area (Å²) in [5.41, 5.74) is 4.92. The first-order valence-electron chi connectivity index (χ1n) is 20.7. The molecular formula is C50H48N6O6. The SMILES string of the molecule is C[C@@H](/C=C/CC(=O)N(CCO)Cc1ccccc1)[C@]1(O)C(=O)N(Cc2cccc(NC(=O)Cc3c[nH]c4ccccc34)c2)c2ccc(NC(=O)Cc3c[nH]c4ccccc34)cc21. The number of aliphatic hydroxyl groups is 2. The van der Waals surface area contributed by atoms with E-state index in [1.807, 2.05) is 97.3 Å². The van der Waals surface area contributed by atoms with Crippen LogP contribution in [0.2, 0.25) is 0 Å². The summed E-state index contributed by atoms with van der Waals surface area (Å²) in [7, 11) is 0. The van der Waals surface area contributed by atoms with E-state index in [2.05, 4.69) is 20.6 Å². The van der Waals surface area contributed by atoms with Gasteiger partial charge < -0.3 is 40.6 Å². The van der Waals surface area contributed by atoms with Gasteiger partial charge in [0, 0.05) is 76.6 Å². The van der Waals surface area contributed by atoms with Crippen molar-refractivity contribution in [3.63, 3.8) is 0 Å². The minimum atomic E-state index is -2.06. The third kappa shape index (κ3) is 8.78. The van der Waals surface area contributed by atoms with Crippen LogP contribution >= 0.6 is 0 Å². The Bertz CT molecular complexity index is 2790. The Morgan fingerprint density at radius 3 is 2.00 bits per heavy atom. The highest BCUT2D eigenvalue weighted by molar-refractivity contribution is 6.08. The van der Waals surface area contributed by atoms with E-state index in [1.54, 1.807) is 60.4 Å². The summed E-state index contributed by atoms with van der Waals surface area (Å²) in [5.74, 6) is -2.05. The number of anilines is 3. The number of amides is 4. The third-order valence-corrected chi connectivity index (χ3v) is 11.5. The number of hydrogen-bond acceptors (Lipinski definition) is 6. The molecule has 4 amide bonds. The highest BCUT2D eigenvalue weighted by atomic mass is 16.3. The van der Waals surface area contributed by atoms with Crippen molar-refractivity contribution in [2.45, 2.75) is 44.9 Å². The molecule has 12 nitrogen and oxygen atoms in total. The number of nitrogens with zero attached hydrogens (tertiary/aromatic N) is 2. The number of fused-ring (bicyclic) bond motifs is 3. The molecule has 62 heavy (non-hydrogen) atoms. The molecule has 0 saturated heterocycles. The summed E-state index contributed by atoms with van der Waals surface area (Å²) in [6, 6.07) is 37.4. The molecule has 8 rings (SSSR count). The molecule has 0 radical (unpaired) electrons. The molecule has 314 valence electrons. The maximum absolute atomic E-state index is 14.6. The smallest absolute Gasteiger partial charge is 0.264 e. The molecule has 2 aromatic heterocycles. The minimum absolute atomic E-state index is 0.0131. The van der Waals surface area contributed by atoms with Gasteiger partial charge in [-0.2, -0.15) is 0 Å². The summed E-state index contributed by atoms with van der Waals surface area (Å²) in [6.07, 6.45) is 7.22. The topological polar surface area (TPSA) is 171 Å². The maximum Gasteiger partial charge on any atom is 0.264 e. The van der Waals surface area contributed by atoms with Crippen LogP contribution in [0.15, 0.2) is 146 Å². The van der Waals surface area contributed by atoms with Gasteiger partial charge in [-0.25, -0.2) is 0 Å². The van der Waals surface area contributed by atoms with Crippen LogP contribution in [-0.4, -0.2) is 61.9 Å². The number of aromatic amines is 2. The second kappa shape index (κ2) is 18.1. The predicted octanol–water partition coefficient (Wildman–Crippen LogP) is 7.35. The molecule has 0 unspecified atom stereocenters. The zero-order chi connectivity index (χ0) is 43.2. The van der Waals surface area contributed by atoms with E-state index in [0.717, 1.165) is 38.5 Å². The first-order valence-corrected chi connectivity index (χ1v) is 20.7. The largest absolute Gasteiger partial charge is 0.395 e. The Kier molecular flexibility index (Phi) is 12.1. The highest BCUT2D eigenvalue weighted by Gasteiger charge is 2.52. The molecule has 0 aliphatic carbocycles. The second-order valence-electron chi connectivity index (χ2n) is 15.7. The Labute approximate surface area is 358 Å². The van der Waals surface area contributed by atoms with Crippen molar-refractivity contribution >= 4 is 62.5 Å². The fraction of sp³-hybridized carbons (Fsp3) is 0.200. The highest BCUT2D eigenvalue weighted by Crippen LogP contribution is 2.47. The van der Waals surface area contributed by atoms with Gasteiger partial charge in [0.25, 0.3) is 5.91 Å². The number of H-pyrrole nitrogens is 2. The number of carbonyl (C=O) groups is 4. The van der Waals surface area contributed by atoms with Crippen molar-refractivity contribution in [1.29, 1.82) is 0 Å². The van der Waals surface area contributed by atoms with Crippen LogP contribution in [0, 0.1) is 5.92 Å². The van der Waals surface area contributed by atoms with Crippen molar-refractivity contribution in [3.8, 4) is 0 Å². The van der Waals surface area contributed by atoms with Crippen LogP contribution in [0.1, 0.15) is 41.2 Å². The molecule has 5 aromatic carbocycles. The van der Waals surface area contributed by atoms with E-state index in [-0.39, 0.29) is 56.7 Å². The first kappa shape index (κ1) is 41.5. The fourth-order valence-electron chi connectivity index (χ4n) is 8.28. The van der Waals surface area contributed by atoms with Crippen LogP contribution in [0.3, 0.4) is 0 Å². The van der Waals surface area contributed by atoms with Crippen molar-refractivity contribution in [2.24, 2.45) is 5.92 Å². The van der Waals surface area contributed by atoms with Crippen LogP contribution in [0.5, 0.6) is 0 Å². The maximum atomic E-state index is 14.6. The van der Waals surface area contributed by atoms with E-state index in [0.29, 0.717) is 34.7 Å². The molecule has 1 aliphatic rings. The summed E-state index contributed by atoms with van der Waals surface area (Å²) >= 11 is 0. The molecule has 3 heterocycles. The molecule has 7 aromatic rings. The number of carbonyl (C=O) groups excluding carboxylic acids is 4. The quantitative estimate of drug-likeness (QED) is 0.0557. The van der Waals surface area contributed by atoms with Crippen LogP contribution < -0.4 is 15.5 Å². The van der Waals surface area contributed by atoms with E-state index >= 15 is 0 Å². The molecular weight excluding hydrogens is 781 g/mol. The first-order chi connectivity index (χ1) is 30.1. The van der Waals surface area contributed by atoms with Gasteiger partial charge in [-0.05, 0) is 64.7 Å². The number of aliphatic hydroxyl groups excluding tert-OH is 1. The summed E-state index contributed by atoms with van der Waals surface area (Å²) in [4.78, 5) is 64.1. The van der Waals surface area contributed by atoms with Crippen LogP contribution in [-0.2, 0) is 50.7 Å². The Morgan fingerprint density at radius 2 is 1.35 bits per heavy atom. The monoisotopic (exact) mass is 828 g/mol. The van der Waals surface area contributed by atoms with Gasteiger partial charge in [-0.15, -0.1) is 0 Å². The molecule has 2 atom stereocenters. The van der Waals surface area contributed by atoms with E-state index < -0.39 is 17.4 Å². The number of nitrogens with one attached hydrogen (secondary N) is 4. The van der Waals surface area contributed by atoms with Crippen LogP contribution in [0.4, 0.5) is 17.1 Å². The molecule has 0 bridgehead atoms. The van der Waals surface area contributed by atoms with Gasteiger partial charge in [-0.1, -0.05) is 97.9 Å². The molecule has 6 N–H and O–H groups in total. The van der Waals surface area contributed by atoms with E-state index in [1.165, 1.54) is 4.90 Å². The zero-order valence-corrected chi connectivity index (χ0v) is 34.3. The molecule has 0 saturated carbocycles. The Morgan fingerprint density at radius 1 is 0.758 bits per heavy atom. The molecule has 1 aliphatic heterocycles. The molecule has 12 heteroatoms. The van der Waals surface area contributed by atoms with Gasteiger partial charge >= 0.3 is 0 Å². The zero-order valence-electron chi connectivity index (χ0n) is 34.3. The van der Waals surface area contributed by atoms with E-state index in [4.69, 9.17) is 0 Å². The lowest BCUT2D eigenvalue weighted by molar-refractivity contribution is -0.139. The summed E-state index contributed by atoms with van der Waals surface area (Å²) in [5, 5.41) is 30.2. The predicted molar refractivity (Wildman–Crippen MR) is 241 cm³/mol. The third-order valence-electron chi connectivity index (χ3n) is 11.5. The van der Waals surface area contributed by atoms with Crippen molar-refractivity contribution < 1.29 is 29.4 Å². The van der Waals surface area contributed by atoms with Gasteiger partial charge in [0.1, 0.15) is 0 Å². The lowest BCUT2D eigenvalue weighted by Gasteiger charge is -2.28. The van der Waals surface area contributed by atoms with Gasteiger partial charge in [0.15, 0.2) is 5.60 Å². The number of para-hydroxylation sites is 2. The van der Waals surface area contributed by atoms with E-state index in [9.17, 15) is 29.4 Å². The summed E-state index contributed by atoms with van der Waals surface area (Å²) in [6.45, 7) is 2.09. The van der Waals surface area contributed by atoms with Gasteiger partial charge in [0.2, 0.25) is 17.7 Å². The number of aromatic nitrogens is 2. The fourth-order valence-corrected chi connectivity index (χ4v) is 8.28. The average molecular weight is 829 g/mol. The van der Waals surface area contributed by atoms with Crippen molar-refractivity contribution in [1.82, 2.24) is 14.9 Å². The Balaban J connectivity index is 1.02. The summed E-state index contributed by atoms with van der Waals surface area (Å²) < 4.78 is 0. The van der Waals surface area contributed by atoms with Gasteiger partial charge in [-0.3, -0.25) is 19.2 Å². The van der Waals surface area contributed by atoms with Crippen LogP contribution in [0.25, 0.3) is 21.8 Å². The van der Waals surface area contributed by atoms with Gasteiger partial charge in [0.05, 0.1) is 31.7 Å². The lowest BCUT2D eigenvalue weighted by atomic mass is 9.82. The normalized spacial score (nSPS) is 15.3. The van der Waals surface area contributed by atoms with Crippen molar-refractivity contribution in [2.75, 3.05) is 28.7 Å². The average Bonchev–Trinajstić information content (AvgIpc) is 3.94. The lowest BCUT2D eigenvalue weighted by Crippen LogP contribution is -2.44.